The highest BCUT2D eigenvalue weighted by Crippen LogP contribution is 2.45. The minimum Gasteiger partial charge on any atom is -0.508 e. The highest BCUT2D eigenvalue weighted by Gasteiger charge is 2.44. The zero-order valence-electron chi connectivity index (χ0n) is 11.1. The number of hydrogen-bond acceptors (Lipinski definition) is 2. The standard InChI is InChI=1S/C15H21NO.ClH/c1-15-8-3-9-16(2)14(15)7-5-11-4-6-12(17)10-13(11)15;/h4,6,10,14,17H,3,5,7-9H2,1-2H3;1H/t14-,15-;/m0./s1. The molecule has 0 aromatic heterocycles. The fourth-order valence-electron chi connectivity index (χ4n) is 3.96. The summed E-state index contributed by atoms with van der Waals surface area (Å²) in [4.78, 5) is 2.51. The van der Waals surface area contributed by atoms with E-state index in [4.69, 9.17) is 0 Å². The van der Waals surface area contributed by atoms with Gasteiger partial charge in [0.15, 0.2) is 0 Å². The van der Waals surface area contributed by atoms with Crippen molar-refractivity contribution in [3.63, 3.8) is 0 Å². The predicted octanol–water partition coefficient (Wildman–Crippen LogP) is 3.11. The lowest BCUT2D eigenvalue weighted by atomic mass is 9.63. The Bertz CT molecular complexity index is 448. The van der Waals surface area contributed by atoms with Crippen LogP contribution in [0.25, 0.3) is 0 Å². The third kappa shape index (κ3) is 1.92. The van der Waals surface area contributed by atoms with Crippen molar-refractivity contribution >= 4 is 12.4 Å². The van der Waals surface area contributed by atoms with E-state index in [-0.39, 0.29) is 17.8 Å². The van der Waals surface area contributed by atoms with E-state index in [1.165, 1.54) is 36.9 Å². The summed E-state index contributed by atoms with van der Waals surface area (Å²) in [5.41, 5.74) is 3.07. The molecule has 3 heteroatoms. The van der Waals surface area contributed by atoms with E-state index < -0.39 is 0 Å². The number of rotatable bonds is 0. The van der Waals surface area contributed by atoms with Gasteiger partial charge in [0.2, 0.25) is 0 Å². The van der Waals surface area contributed by atoms with Crippen LogP contribution in [-0.2, 0) is 11.8 Å². The first-order chi connectivity index (χ1) is 8.11. The first-order valence-corrected chi connectivity index (χ1v) is 6.64. The molecule has 1 aliphatic carbocycles. The number of likely N-dealkylation sites (N-methyl/N-ethyl adjacent to an activating group) is 1. The van der Waals surface area contributed by atoms with Gasteiger partial charge in [-0.2, -0.15) is 0 Å². The first-order valence-electron chi connectivity index (χ1n) is 6.64. The van der Waals surface area contributed by atoms with Crippen LogP contribution in [0.5, 0.6) is 5.75 Å². The third-order valence-electron chi connectivity index (χ3n) is 4.87. The van der Waals surface area contributed by atoms with Crippen LogP contribution >= 0.6 is 12.4 Å². The molecule has 1 aliphatic heterocycles. The van der Waals surface area contributed by atoms with E-state index in [0.29, 0.717) is 11.8 Å². The fourth-order valence-corrected chi connectivity index (χ4v) is 3.96. The van der Waals surface area contributed by atoms with Crippen molar-refractivity contribution in [1.29, 1.82) is 0 Å². The van der Waals surface area contributed by atoms with Crippen LogP contribution < -0.4 is 0 Å². The number of aromatic hydroxyl groups is 1. The van der Waals surface area contributed by atoms with Gasteiger partial charge in [-0.1, -0.05) is 13.0 Å². The molecular weight excluding hydrogens is 246 g/mol. The van der Waals surface area contributed by atoms with Gasteiger partial charge in [0, 0.05) is 11.5 Å². The number of phenolic OH excluding ortho intramolecular Hbond substituents is 1. The summed E-state index contributed by atoms with van der Waals surface area (Å²) in [7, 11) is 2.25. The highest BCUT2D eigenvalue weighted by atomic mass is 35.5. The monoisotopic (exact) mass is 267 g/mol. The zero-order valence-corrected chi connectivity index (χ0v) is 12.0. The van der Waals surface area contributed by atoms with Gasteiger partial charge < -0.3 is 10.0 Å². The Hall–Kier alpha value is -0.730. The molecule has 1 N–H and O–H groups in total. The topological polar surface area (TPSA) is 23.5 Å². The summed E-state index contributed by atoms with van der Waals surface area (Å²) < 4.78 is 0. The lowest BCUT2D eigenvalue weighted by Crippen LogP contribution is -2.54. The number of fused-ring (bicyclic) bond motifs is 3. The molecule has 1 aromatic rings. The molecule has 2 nitrogen and oxygen atoms in total. The maximum absolute atomic E-state index is 9.75. The van der Waals surface area contributed by atoms with E-state index in [2.05, 4.69) is 24.9 Å². The van der Waals surface area contributed by atoms with Gasteiger partial charge in [-0.05, 0) is 62.5 Å². The SMILES string of the molecule is CN1CCC[C@@]2(C)c3cc(O)ccc3CC[C@H]12.Cl. The van der Waals surface area contributed by atoms with Crippen molar-refractivity contribution in [2.45, 2.75) is 44.1 Å². The smallest absolute Gasteiger partial charge is 0.115 e. The van der Waals surface area contributed by atoms with E-state index in [0.717, 1.165) is 6.42 Å². The number of halogens is 1. The molecule has 2 aliphatic rings. The number of nitrogens with zero attached hydrogens (tertiary/aromatic N) is 1. The van der Waals surface area contributed by atoms with Crippen molar-refractivity contribution in [1.82, 2.24) is 4.90 Å². The molecule has 1 heterocycles. The maximum Gasteiger partial charge on any atom is 0.115 e. The number of piperidine rings is 1. The molecule has 0 saturated carbocycles. The predicted molar refractivity (Wildman–Crippen MR) is 76.7 cm³/mol. The normalized spacial score (nSPS) is 31.1. The molecule has 0 unspecified atom stereocenters. The van der Waals surface area contributed by atoms with E-state index in [1.54, 1.807) is 0 Å². The molecule has 1 aromatic carbocycles. The second-order valence-corrected chi connectivity index (χ2v) is 5.90. The fraction of sp³-hybridized carbons (Fsp3) is 0.600. The molecule has 0 amide bonds. The summed E-state index contributed by atoms with van der Waals surface area (Å²) in [6, 6.07) is 6.58. The van der Waals surface area contributed by atoms with Crippen molar-refractivity contribution in [3.8, 4) is 5.75 Å². The molecule has 2 atom stereocenters. The number of benzene rings is 1. The molecular formula is C15H22ClNO. The number of aryl methyl sites for hydroxylation is 1. The molecule has 1 fully saturated rings. The van der Waals surface area contributed by atoms with Crippen LogP contribution in [0, 0.1) is 0 Å². The van der Waals surface area contributed by atoms with Crippen molar-refractivity contribution in [3.05, 3.63) is 29.3 Å². The zero-order chi connectivity index (χ0) is 12.0. The second kappa shape index (κ2) is 4.75. The summed E-state index contributed by atoms with van der Waals surface area (Å²) >= 11 is 0. The quantitative estimate of drug-likeness (QED) is 0.781. The van der Waals surface area contributed by atoms with Gasteiger partial charge in [-0.3, -0.25) is 0 Å². The van der Waals surface area contributed by atoms with Crippen LogP contribution in [-0.4, -0.2) is 29.6 Å². The Labute approximate surface area is 115 Å². The summed E-state index contributed by atoms with van der Waals surface area (Å²) in [5.74, 6) is 0.416. The van der Waals surface area contributed by atoms with Crippen molar-refractivity contribution < 1.29 is 5.11 Å². The Balaban J connectivity index is 0.00000120. The molecule has 3 rings (SSSR count). The molecule has 0 spiro atoms. The third-order valence-corrected chi connectivity index (χ3v) is 4.87. The van der Waals surface area contributed by atoms with Gasteiger partial charge in [0.25, 0.3) is 0 Å². The first kappa shape index (κ1) is 13.7. The van der Waals surface area contributed by atoms with Crippen LogP contribution in [0.2, 0.25) is 0 Å². The largest absolute Gasteiger partial charge is 0.508 e. The molecule has 0 radical (unpaired) electrons. The highest BCUT2D eigenvalue weighted by molar-refractivity contribution is 5.85. The Morgan fingerprint density at radius 2 is 2.17 bits per heavy atom. The van der Waals surface area contributed by atoms with Crippen LogP contribution in [0.3, 0.4) is 0 Å². The Kier molecular flexibility index (Phi) is 3.61. The maximum atomic E-state index is 9.75. The van der Waals surface area contributed by atoms with Crippen LogP contribution in [0.1, 0.15) is 37.3 Å². The molecule has 18 heavy (non-hydrogen) atoms. The molecule has 100 valence electrons. The summed E-state index contributed by atoms with van der Waals surface area (Å²) in [6.45, 7) is 3.60. The minimum atomic E-state index is 0. The number of hydrogen-bond donors (Lipinski definition) is 1. The lowest BCUT2D eigenvalue weighted by molar-refractivity contribution is 0.0852. The lowest BCUT2D eigenvalue weighted by Gasteiger charge is -2.51. The summed E-state index contributed by atoms with van der Waals surface area (Å²) in [5, 5.41) is 9.75. The van der Waals surface area contributed by atoms with E-state index in [1.807, 2.05) is 12.1 Å². The van der Waals surface area contributed by atoms with Crippen LogP contribution in [0.4, 0.5) is 0 Å². The van der Waals surface area contributed by atoms with Gasteiger partial charge in [0.05, 0.1) is 0 Å². The average molecular weight is 268 g/mol. The second-order valence-electron chi connectivity index (χ2n) is 5.90. The number of likely N-dealkylation sites (tertiary alicyclic amines) is 1. The van der Waals surface area contributed by atoms with Gasteiger partial charge in [-0.15, -0.1) is 12.4 Å². The van der Waals surface area contributed by atoms with E-state index in [9.17, 15) is 5.11 Å². The van der Waals surface area contributed by atoms with Crippen LogP contribution in [0.15, 0.2) is 18.2 Å². The van der Waals surface area contributed by atoms with Crippen molar-refractivity contribution in [2.24, 2.45) is 0 Å². The number of phenols is 1. The minimum absolute atomic E-state index is 0. The van der Waals surface area contributed by atoms with Gasteiger partial charge >= 0.3 is 0 Å². The van der Waals surface area contributed by atoms with E-state index >= 15 is 0 Å². The Morgan fingerprint density at radius 1 is 1.39 bits per heavy atom. The molecule has 1 saturated heterocycles. The van der Waals surface area contributed by atoms with Crippen molar-refractivity contribution in [2.75, 3.05) is 13.6 Å². The summed E-state index contributed by atoms with van der Waals surface area (Å²) in [6.07, 6.45) is 4.92. The van der Waals surface area contributed by atoms with Gasteiger partial charge in [0.1, 0.15) is 5.75 Å². The van der Waals surface area contributed by atoms with Gasteiger partial charge in [-0.25, -0.2) is 0 Å². The average Bonchev–Trinajstić information content (AvgIpc) is 2.29. The molecule has 0 bridgehead atoms. The Morgan fingerprint density at radius 3 is 2.94 bits per heavy atom.